The van der Waals surface area contributed by atoms with Gasteiger partial charge in [-0.1, -0.05) is 11.6 Å². The lowest BCUT2D eigenvalue weighted by Crippen LogP contribution is -2.40. The van der Waals surface area contributed by atoms with Gasteiger partial charge in [-0.2, -0.15) is 0 Å². The number of methoxy groups -OCH3 is 1. The number of fused-ring (bicyclic) bond motifs is 2. The van der Waals surface area contributed by atoms with Crippen LogP contribution in [-0.4, -0.2) is 43.6 Å². The predicted molar refractivity (Wildman–Crippen MR) is 82.8 cm³/mol. The highest BCUT2D eigenvalue weighted by atomic mass is 35.5. The van der Waals surface area contributed by atoms with Gasteiger partial charge in [-0.05, 0) is 31.4 Å². The van der Waals surface area contributed by atoms with Crippen molar-refractivity contribution >= 4 is 23.2 Å². The molecule has 3 atom stereocenters. The number of ether oxygens (including phenoxy) is 1. The highest BCUT2D eigenvalue weighted by molar-refractivity contribution is 6.33. The zero-order chi connectivity index (χ0) is 15.0. The molecule has 2 aliphatic rings. The van der Waals surface area contributed by atoms with E-state index in [1.165, 1.54) is 20.0 Å². The Bertz CT molecular complexity index is 564. The summed E-state index contributed by atoms with van der Waals surface area (Å²) in [6.45, 7) is 3.16. The van der Waals surface area contributed by atoms with Crippen molar-refractivity contribution in [1.82, 2.24) is 10.2 Å². The molecule has 2 saturated heterocycles. The van der Waals surface area contributed by atoms with E-state index in [9.17, 15) is 4.79 Å². The van der Waals surface area contributed by atoms with Crippen LogP contribution in [0.2, 0.25) is 5.02 Å². The van der Waals surface area contributed by atoms with Gasteiger partial charge in [0, 0.05) is 25.2 Å². The molecule has 2 aliphatic heterocycles. The van der Waals surface area contributed by atoms with E-state index in [0.717, 1.165) is 19.6 Å². The average molecular weight is 310 g/mol. The average Bonchev–Trinajstić information content (AvgIpc) is 2.75. The Morgan fingerprint density at radius 3 is 3.00 bits per heavy atom. The molecule has 5 nitrogen and oxygen atoms in total. The molecule has 3 N–H and O–H groups in total. The molecular weight excluding hydrogens is 290 g/mol. The molecule has 21 heavy (non-hydrogen) atoms. The van der Waals surface area contributed by atoms with Gasteiger partial charge in [0.15, 0.2) is 0 Å². The number of piperidine rings is 1. The molecule has 1 amide bonds. The molecule has 0 aliphatic carbocycles. The van der Waals surface area contributed by atoms with Gasteiger partial charge in [0.25, 0.3) is 5.91 Å². The molecule has 6 heteroatoms. The lowest BCUT2D eigenvalue weighted by molar-refractivity contribution is 0.0927. The van der Waals surface area contributed by atoms with E-state index in [4.69, 9.17) is 22.1 Å². The SMILES string of the molecule is COc1cc(N)c(Cl)cc1C(=O)N[C@H]1CN2CCC[C@@H]1C2. The molecule has 2 heterocycles. The van der Waals surface area contributed by atoms with E-state index < -0.39 is 0 Å². The molecule has 1 aromatic carbocycles. The lowest BCUT2D eigenvalue weighted by atomic mass is 9.96. The zero-order valence-corrected chi connectivity index (χ0v) is 12.8. The maximum absolute atomic E-state index is 12.5. The fraction of sp³-hybridized carbons (Fsp3) is 0.533. The fourth-order valence-electron chi connectivity index (χ4n) is 3.34. The predicted octanol–water partition coefficient (Wildman–Crippen LogP) is 1.75. The number of carbonyl (C=O) groups excluding carboxylic acids is 1. The summed E-state index contributed by atoms with van der Waals surface area (Å²) in [5.74, 6) is 0.862. The van der Waals surface area contributed by atoms with Crippen LogP contribution < -0.4 is 15.8 Å². The monoisotopic (exact) mass is 309 g/mol. The minimum absolute atomic E-state index is 0.146. The first kappa shape index (κ1) is 14.5. The molecule has 1 unspecified atom stereocenters. The molecular formula is C15H20ClN3O2. The molecule has 0 aromatic heterocycles. The Kier molecular flexibility index (Phi) is 3.95. The fourth-order valence-corrected chi connectivity index (χ4v) is 3.50. The molecule has 0 spiro atoms. The number of halogens is 1. The van der Waals surface area contributed by atoms with Gasteiger partial charge in [-0.3, -0.25) is 4.79 Å². The van der Waals surface area contributed by atoms with Crippen molar-refractivity contribution in [3.63, 3.8) is 0 Å². The number of nitrogen functional groups attached to an aromatic ring is 1. The van der Waals surface area contributed by atoms with E-state index in [1.807, 2.05) is 0 Å². The number of hydrogen-bond acceptors (Lipinski definition) is 4. The highest BCUT2D eigenvalue weighted by Gasteiger charge is 2.36. The van der Waals surface area contributed by atoms with Crippen LogP contribution in [0, 0.1) is 5.92 Å². The Morgan fingerprint density at radius 1 is 1.48 bits per heavy atom. The Labute approximate surface area is 129 Å². The quantitative estimate of drug-likeness (QED) is 0.835. The summed E-state index contributed by atoms with van der Waals surface area (Å²) in [5, 5.41) is 3.50. The number of hydrogen-bond donors (Lipinski definition) is 2. The summed E-state index contributed by atoms with van der Waals surface area (Å²) in [5.41, 5.74) is 6.60. The number of rotatable bonds is 3. The summed E-state index contributed by atoms with van der Waals surface area (Å²) >= 11 is 6.02. The third kappa shape index (κ3) is 2.80. The van der Waals surface area contributed by atoms with Crippen LogP contribution in [0.4, 0.5) is 5.69 Å². The number of anilines is 1. The molecule has 2 bridgehead atoms. The maximum Gasteiger partial charge on any atom is 0.255 e. The van der Waals surface area contributed by atoms with Crippen LogP contribution in [-0.2, 0) is 0 Å². The third-order valence-electron chi connectivity index (χ3n) is 4.45. The molecule has 114 valence electrons. The van der Waals surface area contributed by atoms with Crippen molar-refractivity contribution in [2.45, 2.75) is 18.9 Å². The van der Waals surface area contributed by atoms with Crippen molar-refractivity contribution in [1.29, 1.82) is 0 Å². The van der Waals surface area contributed by atoms with Gasteiger partial charge < -0.3 is 20.7 Å². The van der Waals surface area contributed by atoms with Gasteiger partial charge in [0.1, 0.15) is 5.75 Å². The molecule has 0 saturated carbocycles. The Hall–Kier alpha value is -1.46. The minimum atomic E-state index is -0.146. The van der Waals surface area contributed by atoms with Crippen LogP contribution >= 0.6 is 11.6 Å². The minimum Gasteiger partial charge on any atom is -0.496 e. The van der Waals surface area contributed by atoms with Crippen LogP contribution in [0.5, 0.6) is 5.75 Å². The summed E-state index contributed by atoms with van der Waals surface area (Å²) < 4.78 is 5.24. The number of nitrogens with zero attached hydrogens (tertiary/aromatic N) is 1. The number of nitrogens with two attached hydrogens (primary N) is 1. The van der Waals surface area contributed by atoms with Crippen LogP contribution in [0.3, 0.4) is 0 Å². The van der Waals surface area contributed by atoms with Crippen molar-refractivity contribution in [3.8, 4) is 5.75 Å². The highest BCUT2D eigenvalue weighted by Crippen LogP contribution is 2.30. The molecule has 3 rings (SSSR count). The second-order valence-corrected chi connectivity index (χ2v) is 6.22. The summed E-state index contributed by atoms with van der Waals surface area (Å²) in [6, 6.07) is 3.38. The standard InChI is InChI=1S/C15H20ClN3O2/c1-21-14-6-12(17)11(16)5-10(14)15(20)18-13-8-19-4-2-3-9(13)7-19/h5-6,9,13H,2-4,7-8,17H2,1H3,(H,18,20)/t9-,13+/m1/s1. The third-order valence-corrected chi connectivity index (χ3v) is 4.77. The van der Waals surface area contributed by atoms with Gasteiger partial charge in [-0.15, -0.1) is 0 Å². The summed E-state index contributed by atoms with van der Waals surface area (Å²) in [4.78, 5) is 14.9. The number of amides is 1. The normalized spacial score (nSPS) is 27.4. The topological polar surface area (TPSA) is 67.6 Å². The first-order valence-corrected chi connectivity index (χ1v) is 7.62. The molecule has 1 aromatic rings. The van der Waals surface area contributed by atoms with Gasteiger partial charge in [0.05, 0.1) is 23.4 Å². The first-order chi connectivity index (χ1) is 10.1. The second kappa shape index (κ2) is 5.73. The van der Waals surface area contributed by atoms with Gasteiger partial charge in [-0.25, -0.2) is 0 Å². The van der Waals surface area contributed by atoms with E-state index in [-0.39, 0.29) is 11.9 Å². The number of benzene rings is 1. The van der Waals surface area contributed by atoms with E-state index in [1.54, 1.807) is 12.1 Å². The largest absolute Gasteiger partial charge is 0.496 e. The Balaban J connectivity index is 1.78. The zero-order valence-electron chi connectivity index (χ0n) is 12.1. The van der Waals surface area contributed by atoms with Gasteiger partial charge >= 0.3 is 0 Å². The number of nitrogens with one attached hydrogen (secondary N) is 1. The summed E-state index contributed by atoms with van der Waals surface area (Å²) in [6.07, 6.45) is 2.40. The van der Waals surface area contributed by atoms with Crippen LogP contribution in [0.15, 0.2) is 12.1 Å². The van der Waals surface area contributed by atoms with Crippen molar-refractivity contribution in [2.75, 3.05) is 32.5 Å². The van der Waals surface area contributed by atoms with Crippen LogP contribution in [0.25, 0.3) is 0 Å². The van der Waals surface area contributed by atoms with Crippen molar-refractivity contribution in [2.24, 2.45) is 5.92 Å². The van der Waals surface area contributed by atoms with Crippen molar-refractivity contribution in [3.05, 3.63) is 22.7 Å². The first-order valence-electron chi connectivity index (χ1n) is 7.24. The summed E-state index contributed by atoms with van der Waals surface area (Å²) in [7, 11) is 1.52. The smallest absolute Gasteiger partial charge is 0.255 e. The van der Waals surface area contributed by atoms with E-state index in [2.05, 4.69) is 10.2 Å². The van der Waals surface area contributed by atoms with E-state index in [0.29, 0.717) is 27.9 Å². The van der Waals surface area contributed by atoms with Gasteiger partial charge in [0.2, 0.25) is 0 Å². The lowest BCUT2D eigenvalue weighted by Gasteiger charge is -2.22. The molecule has 2 fully saturated rings. The Morgan fingerprint density at radius 2 is 2.29 bits per heavy atom. The van der Waals surface area contributed by atoms with E-state index >= 15 is 0 Å². The van der Waals surface area contributed by atoms with Crippen molar-refractivity contribution < 1.29 is 9.53 Å². The second-order valence-electron chi connectivity index (χ2n) is 5.82. The van der Waals surface area contributed by atoms with Crippen LogP contribution in [0.1, 0.15) is 23.2 Å². The molecule has 0 radical (unpaired) electrons. The number of carbonyl (C=O) groups is 1. The maximum atomic E-state index is 12.5.